The van der Waals surface area contributed by atoms with Crippen molar-refractivity contribution in [3.05, 3.63) is 28.2 Å². The van der Waals surface area contributed by atoms with E-state index < -0.39 is 18.0 Å². The van der Waals surface area contributed by atoms with Crippen molar-refractivity contribution < 1.29 is 9.59 Å². The number of carbonyl (C=O) groups excluding carboxylic acids is 2. The van der Waals surface area contributed by atoms with Crippen LogP contribution in [-0.2, 0) is 9.59 Å². The smallest absolute Gasteiger partial charge is 0.246 e. The van der Waals surface area contributed by atoms with Crippen LogP contribution in [0.5, 0.6) is 0 Å². The molecule has 6 heteroatoms. The SMILES string of the molecule is CC(NC1C(=O)Nc2cc(Br)ccc21)C(N)=O. The number of nitrogens with one attached hydrogen (secondary N) is 2. The normalized spacial score (nSPS) is 19.6. The van der Waals surface area contributed by atoms with Gasteiger partial charge in [-0.25, -0.2) is 0 Å². The van der Waals surface area contributed by atoms with Crippen LogP contribution in [0.3, 0.4) is 0 Å². The van der Waals surface area contributed by atoms with Gasteiger partial charge in [-0.3, -0.25) is 14.9 Å². The molecule has 1 aliphatic heterocycles. The number of anilines is 1. The highest BCUT2D eigenvalue weighted by Gasteiger charge is 2.32. The van der Waals surface area contributed by atoms with E-state index in [1.807, 2.05) is 18.2 Å². The Morgan fingerprint density at radius 1 is 1.59 bits per heavy atom. The summed E-state index contributed by atoms with van der Waals surface area (Å²) in [6.07, 6.45) is 0. The number of carbonyl (C=O) groups is 2. The average molecular weight is 298 g/mol. The average Bonchev–Trinajstić information content (AvgIpc) is 2.54. The van der Waals surface area contributed by atoms with Gasteiger partial charge in [0.15, 0.2) is 0 Å². The molecule has 1 aromatic carbocycles. The summed E-state index contributed by atoms with van der Waals surface area (Å²) >= 11 is 3.33. The van der Waals surface area contributed by atoms with Crippen LogP contribution in [0.1, 0.15) is 18.5 Å². The lowest BCUT2D eigenvalue weighted by atomic mass is 10.1. The van der Waals surface area contributed by atoms with Gasteiger partial charge in [0.05, 0.1) is 6.04 Å². The lowest BCUT2D eigenvalue weighted by molar-refractivity contribution is -0.121. The zero-order valence-corrected chi connectivity index (χ0v) is 10.7. The third-order valence-corrected chi connectivity index (χ3v) is 3.18. The summed E-state index contributed by atoms with van der Waals surface area (Å²) in [6, 6.07) is 4.43. The fourth-order valence-electron chi connectivity index (χ4n) is 1.73. The second-order valence-electron chi connectivity index (χ2n) is 3.94. The second kappa shape index (κ2) is 4.46. The van der Waals surface area contributed by atoms with Crippen molar-refractivity contribution in [1.82, 2.24) is 5.32 Å². The van der Waals surface area contributed by atoms with Crippen molar-refractivity contribution >= 4 is 33.4 Å². The van der Waals surface area contributed by atoms with Crippen molar-refractivity contribution in [2.45, 2.75) is 19.0 Å². The number of amides is 2. The summed E-state index contributed by atoms with van der Waals surface area (Å²) in [5, 5.41) is 5.65. The highest BCUT2D eigenvalue weighted by Crippen LogP contribution is 2.33. The Hall–Kier alpha value is -1.40. The van der Waals surface area contributed by atoms with Gasteiger partial charge in [-0.15, -0.1) is 0 Å². The van der Waals surface area contributed by atoms with E-state index in [1.165, 1.54) is 0 Å². The molecule has 1 heterocycles. The number of rotatable bonds is 3. The molecule has 2 atom stereocenters. The summed E-state index contributed by atoms with van der Waals surface area (Å²) in [4.78, 5) is 22.7. The van der Waals surface area contributed by atoms with Crippen molar-refractivity contribution in [2.24, 2.45) is 5.73 Å². The van der Waals surface area contributed by atoms with E-state index in [9.17, 15) is 9.59 Å². The van der Waals surface area contributed by atoms with Crippen LogP contribution in [0.25, 0.3) is 0 Å². The van der Waals surface area contributed by atoms with E-state index in [0.29, 0.717) is 0 Å². The molecule has 2 unspecified atom stereocenters. The highest BCUT2D eigenvalue weighted by atomic mass is 79.9. The molecule has 0 saturated heterocycles. The molecular weight excluding hydrogens is 286 g/mol. The fraction of sp³-hybridized carbons (Fsp3) is 0.273. The van der Waals surface area contributed by atoms with Gasteiger partial charge in [-0.05, 0) is 19.1 Å². The molecule has 17 heavy (non-hydrogen) atoms. The molecule has 5 nitrogen and oxygen atoms in total. The molecule has 0 spiro atoms. The van der Waals surface area contributed by atoms with E-state index in [-0.39, 0.29) is 5.91 Å². The number of hydrogen-bond donors (Lipinski definition) is 3. The molecule has 0 fully saturated rings. The van der Waals surface area contributed by atoms with Crippen LogP contribution in [0.4, 0.5) is 5.69 Å². The number of hydrogen-bond acceptors (Lipinski definition) is 3. The predicted octanol–water partition coefficient (Wildman–Crippen LogP) is 0.906. The molecule has 0 radical (unpaired) electrons. The maximum atomic E-state index is 11.8. The standard InChI is InChI=1S/C11H12BrN3O2/c1-5(10(13)16)14-9-7-3-2-6(12)4-8(7)15-11(9)17/h2-5,9,14H,1H3,(H2,13,16)(H,15,17). The molecule has 2 rings (SSSR count). The van der Waals surface area contributed by atoms with E-state index in [1.54, 1.807) is 6.92 Å². The zero-order valence-electron chi connectivity index (χ0n) is 9.16. The second-order valence-corrected chi connectivity index (χ2v) is 4.86. The van der Waals surface area contributed by atoms with Gasteiger partial charge < -0.3 is 11.1 Å². The van der Waals surface area contributed by atoms with E-state index in [4.69, 9.17) is 5.73 Å². The Bertz CT molecular complexity index is 490. The number of nitrogens with two attached hydrogens (primary N) is 1. The lowest BCUT2D eigenvalue weighted by Gasteiger charge is -2.15. The minimum Gasteiger partial charge on any atom is -0.368 e. The third kappa shape index (κ3) is 2.32. The molecule has 1 aromatic rings. The Kier molecular flexibility index (Phi) is 3.17. The summed E-state index contributed by atoms with van der Waals surface area (Å²) in [7, 11) is 0. The Balaban J connectivity index is 2.26. The summed E-state index contributed by atoms with van der Waals surface area (Å²) in [5.41, 5.74) is 6.74. The van der Waals surface area contributed by atoms with Gasteiger partial charge in [0.1, 0.15) is 6.04 Å². The minimum absolute atomic E-state index is 0.175. The topological polar surface area (TPSA) is 84.2 Å². The van der Waals surface area contributed by atoms with Crippen molar-refractivity contribution in [1.29, 1.82) is 0 Å². The van der Waals surface area contributed by atoms with Gasteiger partial charge in [0.2, 0.25) is 11.8 Å². The van der Waals surface area contributed by atoms with E-state index >= 15 is 0 Å². The first kappa shape index (κ1) is 12.1. The van der Waals surface area contributed by atoms with Crippen molar-refractivity contribution in [2.75, 3.05) is 5.32 Å². The van der Waals surface area contributed by atoms with Crippen LogP contribution in [0.15, 0.2) is 22.7 Å². The Morgan fingerprint density at radius 3 is 2.94 bits per heavy atom. The first-order valence-electron chi connectivity index (χ1n) is 5.14. The van der Waals surface area contributed by atoms with E-state index in [0.717, 1.165) is 15.7 Å². The number of fused-ring (bicyclic) bond motifs is 1. The van der Waals surface area contributed by atoms with Gasteiger partial charge in [0, 0.05) is 15.7 Å². The van der Waals surface area contributed by atoms with Crippen LogP contribution in [-0.4, -0.2) is 17.9 Å². The molecular formula is C11H12BrN3O2. The summed E-state index contributed by atoms with van der Waals surface area (Å²) < 4.78 is 0.889. The lowest BCUT2D eigenvalue weighted by Crippen LogP contribution is -2.42. The molecule has 90 valence electrons. The molecule has 0 bridgehead atoms. The number of primary amides is 1. The minimum atomic E-state index is -0.555. The Morgan fingerprint density at radius 2 is 2.29 bits per heavy atom. The maximum absolute atomic E-state index is 11.8. The third-order valence-electron chi connectivity index (χ3n) is 2.69. The highest BCUT2D eigenvalue weighted by molar-refractivity contribution is 9.10. The van der Waals surface area contributed by atoms with Crippen LogP contribution in [0.2, 0.25) is 0 Å². The number of benzene rings is 1. The first-order chi connectivity index (χ1) is 7.99. The van der Waals surface area contributed by atoms with Gasteiger partial charge in [-0.2, -0.15) is 0 Å². The van der Waals surface area contributed by atoms with Gasteiger partial charge in [0.25, 0.3) is 0 Å². The quantitative estimate of drug-likeness (QED) is 0.775. The summed E-state index contributed by atoms with van der Waals surface area (Å²) in [6.45, 7) is 1.63. The fourth-order valence-corrected chi connectivity index (χ4v) is 2.09. The molecule has 1 aliphatic rings. The van der Waals surface area contributed by atoms with Crippen molar-refractivity contribution in [3.8, 4) is 0 Å². The molecule has 0 saturated carbocycles. The monoisotopic (exact) mass is 297 g/mol. The predicted molar refractivity (Wildman–Crippen MR) is 67.3 cm³/mol. The van der Waals surface area contributed by atoms with Gasteiger partial charge >= 0.3 is 0 Å². The van der Waals surface area contributed by atoms with Crippen LogP contribution >= 0.6 is 15.9 Å². The summed E-state index contributed by atoms with van der Waals surface area (Å²) in [5.74, 6) is -0.658. The molecule has 2 amide bonds. The van der Waals surface area contributed by atoms with Crippen LogP contribution in [0, 0.1) is 0 Å². The maximum Gasteiger partial charge on any atom is 0.246 e. The zero-order chi connectivity index (χ0) is 12.6. The van der Waals surface area contributed by atoms with Gasteiger partial charge in [-0.1, -0.05) is 22.0 Å². The number of halogens is 1. The van der Waals surface area contributed by atoms with Crippen molar-refractivity contribution in [3.63, 3.8) is 0 Å². The van der Waals surface area contributed by atoms with E-state index in [2.05, 4.69) is 26.6 Å². The Labute approximate surface area is 107 Å². The molecule has 0 aliphatic carbocycles. The molecule has 4 N–H and O–H groups in total. The van der Waals surface area contributed by atoms with Crippen LogP contribution < -0.4 is 16.4 Å². The molecule has 0 aromatic heterocycles. The first-order valence-corrected chi connectivity index (χ1v) is 5.94. The largest absolute Gasteiger partial charge is 0.368 e.